The van der Waals surface area contributed by atoms with Gasteiger partial charge in [0, 0.05) is 23.0 Å². The lowest BCUT2D eigenvalue weighted by molar-refractivity contribution is -0.124. The highest BCUT2D eigenvalue weighted by Crippen LogP contribution is 2.39. The van der Waals surface area contributed by atoms with Crippen molar-refractivity contribution < 1.29 is 9.90 Å². The number of fused-ring (bicyclic) bond motifs is 1. The van der Waals surface area contributed by atoms with Crippen LogP contribution >= 0.6 is 0 Å². The molecule has 0 heterocycles. The Morgan fingerprint density at radius 3 is 2.52 bits per heavy atom. The van der Waals surface area contributed by atoms with Crippen molar-refractivity contribution in [2.45, 2.75) is 25.7 Å². The maximum absolute atomic E-state index is 12.6. The van der Waals surface area contributed by atoms with Crippen LogP contribution < -0.4 is 11.1 Å². The average Bonchev–Trinajstić information content (AvgIpc) is 2.98. The van der Waals surface area contributed by atoms with Gasteiger partial charge in [0.2, 0.25) is 5.91 Å². The molecule has 1 aliphatic rings. The van der Waals surface area contributed by atoms with Crippen molar-refractivity contribution in [1.82, 2.24) is 0 Å². The number of anilines is 1. The molecule has 0 atom stereocenters. The number of phenolic OH excluding ortho intramolecular Hbond substituents is 1. The molecule has 0 saturated heterocycles. The maximum Gasteiger partial charge on any atom is 0.231 e. The van der Waals surface area contributed by atoms with Gasteiger partial charge in [-0.15, -0.1) is 0 Å². The molecular formula is C17H20N2O2. The van der Waals surface area contributed by atoms with E-state index in [0.29, 0.717) is 6.54 Å². The van der Waals surface area contributed by atoms with Crippen LogP contribution in [0.1, 0.15) is 25.7 Å². The summed E-state index contributed by atoms with van der Waals surface area (Å²) in [5.74, 6) is 0.219. The summed E-state index contributed by atoms with van der Waals surface area (Å²) < 4.78 is 0. The lowest BCUT2D eigenvalue weighted by atomic mass is 9.85. The average molecular weight is 284 g/mol. The quantitative estimate of drug-likeness (QED) is 0.811. The van der Waals surface area contributed by atoms with Crippen molar-refractivity contribution in [3.05, 3.63) is 36.4 Å². The van der Waals surface area contributed by atoms with E-state index in [1.165, 1.54) is 0 Å². The molecule has 21 heavy (non-hydrogen) atoms. The number of aromatic hydroxyl groups is 1. The van der Waals surface area contributed by atoms with Gasteiger partial charge in [-0.1, -0.05) is 37.1 Å². The summed E-state index contributed by atoms with van der Waals surface area (Å²) in [4.78, 5) is 12.6. The van der Waals surface area contributed by atoms with E-state index in [1.54, 1.807) is 12.1 Å². The smallest absolute Gasteiger partial charge is 0.231 e. The van der Waals surface area contributed by atoms with Crippen molar-refractivity contribution in [3.8, 4) is 5.75 Å². The summed E-state index contributed by atoms with van der Waals surface area (Å²) in [6.45, 7) is 0.384. The Labute approximate surface area is 124 Å². The van der Waals surface area contributed by atoms with Gasteiger partial charge in [0.05, 0.1) is 5.41 Å². The monoisotopic (exact) mass is 284 g/mol. The SMILES string of the molecule is NCC1(C(=O)Nc2cccc3c(O)cccc23)CCCC1. The van der Waals surface area contributed by atoms with Crippen LogP contribution in [0.2, 0.25) is 0 Å². The van der Waals surface area contributed by atoms with E-state index < -0.39 is 5.41 Å². The molecule has 1 aliphatic carbocycles. The summed E-state index contributed by atoms with van der Waals surface area (Å²) in [7, 11) is 0. The minimum Gasteiger partial charge on any atom is -0.507 e. The molecule has 1 fully saturated rings. The third kappa shape index (κ3) is 2.36. The molecule has 1 amide bonds. The number of benzene rings is 2. The molecule has 4 heteroatoms. The van der Waals surface area contributed by atoms with Gasteiger partial charge in [0.15, 0.2) is 0 Å². The number of rotatable bonds is 3. The summed E-state index contributed by atoms with van der Waals surface area (Å²) in [6.07, 6.45) is 3.82. The number of carbonyl (C=O) groups excluding carboxylic acids is 1. The van der Waals surface area contributed by atoms with Gasteiger partial charge in [0.25, 0.3) is 0 Å². The van der Waals surface area contributed by atoms with Crippen molar-refractivity contribution in [3.63, 3.8) is 0 Å². The molecule has 2 aromatic rings. The number of hydrogen-bond acceptors (Lipinski definition) is 3. The highest BCUT2D eigenvalue weighted by Gasteiger charge is 2.39. The van der Waals surface area contributed by atoms with Crippen molar-refractivity contribution in [2.75, 3.05) is 11.9 Å². The molecule has 4 N–H and O–H groups in total. The number of phenols is 1. The predicted molar refractivity (Wildman–Crippen MR) is 84.2 cm³/mol. The molecule has 0 aliphatic heterocycles. The summed E-state index contributed by atoms with van der Waals surface area (Å²) in [5.41, 5.74) is 6.16. The fourth-order valence-electron chi connectivity index (χ4n) is 3.23. The number of hydrogen-bond donors (Lipinski definition) is 3. The van der Waals surface area contributed by atoms with E-state index in [2.05, 4.69) is 5.32 Å². The van der Waals surface area contributed by atoms with Gasteiger partial charge in [-0.2, -0.15) is 0 Å². The second-order valence-electron chi connectivity index (χ2n) is 5.82. The Balaban J connectivity index is 1.95. The Bertz CT molecular complexity index is 676. The zero-order valence-corrected chi connectivity index (χ0v) is 11.9. The number of nitrogens with two attached hydrogens (primary N) is 1. The zero-order chi connectivity index (χ0) is 14.9. The summed E-state index contributed by atoms with van der Waals surface area (Å²) in [6, 6.07) is 10.9. The van der Waals surface area contributed by atoms with Gasteiger partial charge in [-0.3, -0.25) is 4.79 Å². The van der Waals surface area contributed by atoms with Gasteiger partial charge in [0.1, 0.15) is 5.75 Å². The second-order valence-corrected chi connectivity index (χ2v) is 5.82. The Hall–Kier alpha value is -2.07. The minimum atomic E-state index is -0.432. The largest absolute Gasteiger partial charge is 0.507 e. The molecule has 0 radical (unpaired) electrons. The first-order chi connectivity index (χ1) is 10.2. The van der Waals surface area contributed by atoms with Crippen LogP contribution in [0.4, 0.5) is 5.69 Å². The third-order valence-corrected chi connectivity index (χ3v) is 4.58. The number of carbonyl (C=O) groups is 1. The highest BCUT2D eigenvalue weighted by molar-refractivity contribution is 6.05. The molecular weight excluding hydrogens is 264 g/mol. The molecule has 4 nitrogen and oxygen atoms in total. The number of nitrogens with one attached hydrogen (secondary N) is 1. The van der Waals surface area contributed by atoms with Crippen molar-refractivity contribution in [2.24, 2.45) is 11.1 Å². The molecule has 0 bridgehead atoms. The van der Waals surface area contributed by atoms with E-state index in [1.807, 2.05) is 24.3 Å². The van der Waals surface area contributed by atoms with E-state index in [-0.39, 0.29) is 11.7 Å². The maximum atomic E-state index is 12.6. The van der Waals surface area contributed by atoms with Gasteiger partial charge in [-0.05, 0) is 25.0 Å². The van der Waals surface area contributed by atoms with Crippen LogP contribution in [0.25, 0.3) is 10.8 Å². The van der Waals surface area contributed by atoms with Crippen LogP contribution in [-0.4, -0.2) is 17.6 Å². The zero-order valence-electron chi connectivity index (χ0n) is 11.9. The molecule has 0 aromatic heterocycles. The molecule has 0 unspecified atom stereocenters. The van der Waals surface area contributed by atoms with Crippen LogP contribution in [0.3, 0.4) is 0 Å². The fourth-order valence-corrected chi connectivity index (χ4v) is 3.23. The molecule has 110 valence electrons. The van der Waals surface area contributed by atoms with Gasteiger partial charge in [-0.25, -0.2) is 0 Å². The molecule has 3 rings (SSSR count). The van der Waals surface area contributed by atoms with E-state index in [9.17, 15) is 9.90 Å². The fraction of sp³-hybridized carbons (Fsp3) is 0.353. The lowest BCUT2D eigenvalue weighted by Crippen LogP contribution is -2.40. The van der Waals surface area contributed by atoms with Crippen LogP contribution in [0.5, 0.6) is 5.75 Å². The molecule has 2 aromatic carbocycles. The standard InChI is InChI=1S/C17H20N2O2/c18-11-17(9-1-2-10-17)16(21)19-14-7-3-6-13-12(14)5-4-8-15(13)20/h3-8,20H,1-2,9-11,18H2,(H,19,21). The normalized spacial score (nSPS) is 17.0. The minimum absolute atomic E-state index is 0.00153. The Kier molecular flexibility index (Phi) is 3.55. The van der Waals surface area contributed by atoms with Crippen LogP contribution in [-0.2, 0) is 4.79 Å². The van der Waals surface area contributed by atoms with Gasteiger partial charge >= 0.3 is 0 Å². The predicted octanol–water partition coefficient (Wildman–Crippen LogP) is 3.00. The first-order valence-corrected chi connectivity index (χ1v) is 7.38. The highest BCUT2D eigenvalue weighted by atomic mass is 16.3. The second kappa shape index (κ2) is 5.37. The summed E-state index contributed by atoms with van der Waals surface area (Å²) >= 11 is 0. The third-order valence-electron chi connectivity index (χ3n) is 4.58. The first-order valence-electron chi connectivity index (χ1n) is 7.38. The van der Waals surface area contributed by atoms with Crippen molar-refractivity contribution >= 4 is 22.4 Å². The van der Waals surface area contributed by atoms with E-state index >= 15 is 0 Å². The lowest BCUT2D eigenvalue weighted by Gasteiger charge is -2.26. The van der Waals surface area contributed by atoms with Crippen molar-refractivity contribution in [1.29, 1.82) is 0 Å². The van der Waals surface area contributed by atoms with Crippen LogP contribution in [0.15, 0.2) is 36.4 Å². The number of amides is 1. The Morgan fingerprint density at radius 1 is 1.14 bits per heavy atom. The van der Waals surface area contributed by atoms with E-state index in [0.717, 1.165) is 42.1 Å². The first kappa shape index (κ1) is 13.9. The topological polar surface area (TPSA) is 75.4 Å². The van der Waals surface area contributed by atoms with Crippen LogP contribution in [0, 0.1) is 5.41 Å². The van der Waals surface area contributed by atoms with E-state index in [4.69, 9.17) is 5.73 Å². The Morgan fingerprint density at radius 2 is 1.81 bits per heavy atom. The summed E-state index contributed by atoms with van der Waals surface area (Å²) in [5, 5.41) is 14.5. The molecule has 0 spiro atoms. The molecule has 1 saturated carbocycles. The van der Waals surface area contributed by atoms with Gasteiger partial charge < -0.3 is 16.2 Å².